The molecule has 0 saturated heterocycles. The number of nitrogens with two attached hydrogens (primary N) is 1. The molecule has 0 radical (unpaired) electrons. The van der Waals surface area contributed by atoms with Gasteiger partial charge in [-0.15, -0.1) is 0 Å². The molecule has 0 bridgehead atoms. The lowest BCUT2D eigenvalue weighted by atomic mass is 10.2. The molecule has 0 heterocycles. The number of amides is 3. The van der Waals surface area contributed by atoms with Crippen molar-refractivity contribution < 1.29 is 14.3 Å². The zero-order chi connectivity index (χ0) is 17.4. The van der Waals surface area contributed by atoms with Gasteiger partial charge < -0.3 is 21.1 Å². The Morgan fingerprint density at radius 2 is 1.54 bits per heavy atom. The highest BCUT2D eigenvalue weighted by Crippen LogP contribution is 2.16. The van der Waals surface area contributed by atoms with E-state index in [-0.39, 0.29) is 5.91 Å². The van der Waals surface area contributed by atoms with Crippen LogP contribution < -0.4 is 21.1 Å². The number of benzene rings is 2. The Hall–Kier alpha value is -3.02. The smallest absolute Gasteiger partial charge is 0.316 e. The minimum absolute atomic E-state index is 0.217. The fourth-order valence-corrected chi connectivity index (χ4v) is 2.02. The molecule has 24 heavy (non-hydrogen) atoms. The second-order valence-electron chi connectivity index (χ2n) is 5.25. The summed E-state index contributed by atoms with van der Waals surface area (Å²) < 4.78 is 5.57. The molecule has 0 unspecified atom stereocenters. The van der Waals surface area contributed by atoms with Crippen molar-refractivity contribution in [3.8, 4) is 5.75 Å². The summed E-state index contributed by atoms with van der Waals surface area (Å²) in [5.74, 6) is 0.535. The topological polar surface area (TPSA) is 93.4 Å². The van der Waals surface area contributed by atoms with Crippen molar-refractivity contribution in [3.05, 3.63) is 54.1 Å². The van der Waals surface area contributed by atoms with Crippen LogP contribution in [0.5, 0.6) is 5.75 Å². The van der Waals surface area contributed by atoms with E-state index in [0.717, 1.165) is 18.6 Å². The van der Waals surface area contributed by atoms with E-state index in [2.05, 4.69) is 17.6 Å². The fraction of sp³-hybridized carbons (Fsp3) is 0.222. The van der Waals surface area contributed by atoms with Crippen LogP contribution in [0.25, 0.3) is 0 Å². The standard InChI is InChI=1S/C18H21N3O3/c1-2-3-12-24-16-10-4-13(5-11-16)17(22)20-14-6-8-15(9-7-14)21-18(19)23/h4-11H,2-3,12H2,1H3,(H,20,22)(H3,19,21,23). The van der Waals surface area contributed by atoms with Gasteiger partial charge in [-0.05, 0) is 55.0 Å². The lowest BCUT2D eigenvalue weighted by Crippen LogP contribution is -2.19. The number of carbonyl (C=O) groups excluding carboxylic acids is 2. The Morgan fingerprint density at radius 1 is 0.958 bits per heavy atom. The average Bonchev–Trinajstić information content (AvgIpc) is 2.57. The van der Waals surface area contributed by atoms with Gasteiger partial charge in [0.25, 0.3) is 5.91 Å². The van der Waals surface area contributed by atoms with Gasteiger partial charge >= 0.3 is 6.03 Å². The summed E-state index contributed by atoms with van der Waals surface area (Å²) in [5, 5.41) is 5.24. The summed E-state index contributed by atoms with van der Waals surface area (Å²) >= 11 is 0. The molecule has 4 N–H and O–H groups in total. The van der Waals surface area contributed by atoms with Crippen LogP contribution in [-0.2, 0) is 0 Å². The first-order valence-corrected chi connectivity index (χ1v) is 7.79. The monoisotopic (exact) mass is 327 g/mol. The third-order valence-electron chi connectivity index (χ3n) is 3.29. The predicted molar refractivity (Wildman–Crippen MR) is 94.4 cm³/mol. The molecule has 2 aromatic rings. The van der Waals surface area contributed by atoms with Gasteiger partial charge in [-0.1, -0.05) is 13.3 Å². The van der Waals surface area contributed by atoms with E-state index >= 15 is 0 Å². The van der Waals surface area contributed by atoms with Crippen molar-refractivity contribution in [2.45, 2.75) is 19.8 Å². The summed E-state index contributed by atoms with van der Waals surface area (Å²) in [4.78, 5) is 23.0. The normalized spacial score (nSPS) is 10.0. The summed E-state index contributed by atoms with van der Waals surface area (Å²) in [6.07, 6.45) is 2.08. The van der Waals surface area contributed by atoms with Gasteiger partial charge in [0.2, 0.25) is 0 Å². The van der Waals surface area contributed by atoms with Crippen LogP contribution in [0.4, 0.5) is 16.2 Å². The quantitative estimate of drug-likeness (QED) is 0.678. The van der Waals surface area contributed by atoms with Crippen molar-refractivity contribution in [2.24, 2.45) is 5.73 Å². The Kier molecular flexibility index (Phi) is 6.19. The van der Waals surface area contributed by atoms with Crippen LogP contribution in [0.1, 0.15) is 30.1 Å². The number of rotatable bonds is 7. The van der Waals surface area contributed by atoms with Crippen molar-refractivity contribution in [2.75, 3.05) is 17.2 Å². The number of urea groups is 1. The van der Waals surface area contributed by atoms with Crippen molar-refractivity contribution in [3.63, 3.8) is 0 Å². The molecule has 0 atom stereocenters. The van der Waals surface area contributed by atoms with Gasteiger partial charge in [-0.25, -0.2) is 4.79 Å². The molecular formula is C18H21N3O3. The molecule has 126 valence electrons. The Labute approximate surface area is 141 Å². The van der Waals surface area contributed by atoms with E-state index in [1.165, 1.54) is 0 Å². The second kappa shape index (κ2) is 8.57. The molecule has 2 aromatic carbocycles. The molecule has 0 saturated carbocycles. The molecule has 0 aromatic heterocycles. The van der Waals surface area contributed by atoms with Crippen molar-refractivity contribution in [1.29, 1.82) is 0 Å². The van der Waals surface area contributed by atoms with Crippen LogP contribution in [0, 0.1) is 0 Å². The van der Waals surface area contributed by atoms with Crippen LogP contribution in [0.15, 0.2) is 48.5 Å². The Balaban J connectivity index is 1.93. The van der Waals surface area contributed by atoms with Crippen LogP contribution in [-0.4, -0.2) is 18.5 Å². The summed E-state index contributed by atoms with van der Waals surface area (Å²) in [5.41, 5.74) is 6.77. The Bertz CT molecular complexity index is 682. The van der Waals surface area contributed by atoms with Crippen LogP contribution >= 0.6 is 0 Å². The first-order valence-electron chi connectivity index (χ1n) is 7.79. The van der Waals surface area contributed by atoms with Gasteiger partial charge in [0.05, 0.1) is 6.61 Å². The lowest BCUT2D eigenvalue weighted by molar-refractivity contribution is 0.102. The van der Waals surface area contributed by atoms with Crippen LogP contribution in [0.2, 0.25) is 0 Å². The number of ether oxygens (including phenoxy) is 1. The zero-order valence-corrected chi connectivity index (χ0v) is 13.5. The maximum Gasteiger partial charge on any atom is 0.316 e. The summed E-state index contributed by atoms with van der Waals surface area (Å²) in [6, 6.07) is 13.1. The third kappa shape index (κ3) is 5.31. The van der Waals surface area contributed by atoms with Crippen molar-refractivity contribution >= 4 is 23.3 Å². The number of hydrogen-bond donors (Lipinski definition) is 3. The highest BCUT2D eigenvalue weighted by molar-refractivity contribution is 6.04. The van der Waals surface area contributed by atoms with E-state index in [1.54, 1.807) is 48.5 Å². The average molecular weight is 327 g/mol. The molecular weight excluding hydrogens is 306 g/mol. The number of carbonyl (C=O) groups is 2. The van der Waals surface area contributed by atoms with E-state index in [9.17, 15) is 9.59 Å². The molecule has 6 heteroatoms. The SMILES string of the molecule is CCCCOc1ccc(C(=O)Nc2ccc(NC(N)=O)cc2)cc1. The van der Waals surface area contributed by atoms with Crippen molar-refractivity contribution in [1.82, 2.24) is 0 Å². The maximum absolute atomic E-state index is 12.2. The summed E-state index contributed by atoms with van der Waals surface area (Å²) in [7, 11) is 0. The first-order chi connectivity index (χ1) is 11.6. The van der Waals surface area contributed by atoms with E-state index in [4.69, 9.17) is 10.5 Å². The third-order valence-corrected chi connectivity index (χ3v) is 3.29. The van der Waals surface area contributed by atoms with Gasteiger partial charge in [-0.3, -0.25) is 4.79 Å². The van der Waals surface area contributed by atoms with Gasteiger partial charge in [0.15, 0.2) is 0 Å². The van der Waals surface area contributed by atoms with E-state index < -0.39 is 6.03 Å². The number of hydrogen-bond acceptors (Lipinski definition) is 3. The number of primary amides is 1. The molecule has 6 nitrogen and oxygen atoms in total. The van der Waals surface area contributed by atoms with E-state index in [1.807, 2.05) is 0 Å². The maximum atomic E-state index is 12.2. The second-order valence-corrected chi connectivity index (χ2v) is 5.25. The van der Waals surface area contributed by atoms with Gasteiger partial charge in [-0.2, -0.15) is 0 Å². The molecule has 3 amide bonds. The minimum Gasteiger partial charge on any atom is -0.494 e. The molecule has 0 aliphatic carbocycles. The molecule has 0 fully saturated rings. The van der Waals surface area contributed by atoms with Gasteiger partial charge in [0.1, 0.15) is 5.75 Å². The molecule has 2 rings (SSSR count). The minimum atomic E-state index is -0.631. The summed E-state index contributed by atoms with van der Waals surface area (Å²) in [6.45, 7) is 2.78. The number of anilines is 2. The molecule has 0 aliphatic rings. The number of unbranched alkanes of at least 4 members (excludes halogenated alkanes) is 1. The Morgan fingerprint density at radius 3 is 2.08 bits per heavy atom. The number of nitrogens with one attached hydrogen (secondary N) is 2. The predicted octanol–water partition coefficient (Wildman–Crippen LogP) is 3.61. The molecule has 0 spiro atoms. The fourth-order valence-electron chi connectivity index (χ4n) is 2.02. The first kappa shape index (κ1) is 17.3. The zero-order valence-electron chi connectivity index (χ0n) is 13.5. The lowest BCUT2D eigenvalue weighted by Gasteiger charge is -2.08. The highest BCUT2D eigenvalue weighted by atomic mass is 16.5. The van der Waals surface area contributed by atoms with Crippen LogP contribution in [0.3, 0.4) is 0 Å². The molecule has 0 aliphatic heterocycles. The highest BCUT2D eigenvalue weighted by Gasteiger charge is 2.06. The van der Waals surface area contributed by atoms with E-state index in [0.29, 0.717) is 23.5 Å². The largest absolute Gasteiger partial charge is 0.494 e. The van der Waals surface area contributed by atoms with Gasteiger partial charge in [0, 0.05) is 16.9 Å².